The first-order chi connectivity index (χ1) is 8.08. The molecule has 0 aliphatic carbocycles. The minimum absolute atomic E-state index is 0.235. The summed E-state index contributed by atoms with van der Waals surface area (Å²) in [4.78, 5) is 11.9. The predicted octanol–water partition coefficient (Wildman–Crippen LogP) is 2.87. The lowest BCUT2D eigenvalue weighted by Gasteiger charge is -2.05. The normalized spacial score (nSPS) is 10.3. The topological polar surface area (TPSA) is 57.8 Å². The summed E-state index contributed by atoms with van der Waals surface area (Å²) in [7, 11) is 0. The fourth-order valence-corrected chi connectivity index (χ4v) is 1.75. The number of hydrogen-bond donors (Lipinski definition) is 2. The molecule has 2 N–H and O–H groups in total. The van der Waals surface area contributed by atoms with E-state index < -0.39 is 11.7 Å². The highest BCUT2D eigenvalue weighted by atomic mass is 79.9. The first-order valence-corrected chi connectivity index (χ1v) is 5.63. The number of aromatic amines is 1. The van der Waals surface area contributed by atoms with Crippen molar-refractivity contribution in [2.24, 2.45) is 0 Å². The number of benzene rings is 1. The van der Waals surface area contributed by atoms with Gasteiger partial charge in [-0.15, -0.1) is 0 Å². The highest BCUT2D eigenvalue weighted by Crippen LogP contribution is 2.19. The van der Waals surface area contributed by atoms with Crippen LogP contribution in [-0.2, 0) is 0 Å². The Kier molecular flexibility index (Phi) is 3.23. The zero-order chi connectivity index (χ0) is 12.4. The molecule has 1 heterocycles. The smallest absolute Gasteiger partial charge is 0.258 e. The van der Waals surface area contributed by atoms with E-state index in [0.29, 0.717) is 10.3 Å². The lowest BCUT2D eigenvalue weighted by Crippen LogP contribution is -2.13. The van der Waals surface area contributed by atoms with Gasteiger partial charge >= 0.3 is 0 Å². The number of rotatable bonds is 2. The molecule has 0 fully saturated rings. The van der Waals surface area contributed by atoms with E-state index in [9.17, 15) is 9.18 Å². The van der Waals surface area contributed by atoms with E-state index in [4.69, 9.17) is 0 Å². The zero-order valence-corrected chi connectivity index (χ0v) is 10.5. The molecular weight excluding hydrogens is 289 g/mol. The lowest BCUT2D eigenvalue weighted by atomic mass is 10.2. The number of amides is 1. The van der Waals surface area contributed by atoms with Gasteiger partial charge in [0, 0.05) is 10.0 Å². The molecule has 0 saturated heterocycles. The maximum atomic E-state index is 13.0. The summed E-state index contributed by atoms with van der Waals surface area (Å²) in [6, 6.07) is 3.94. The highest BCUT2D eigenvalue weighted by molar-refractivity contribution is 9.10. The molecule has 0 aliphatic rings. The molecule has 1 amide bonds. The summed E-state index contributed by atoms with van der Waals surface area (Å²) in [6.07, 6.45) is 1.59. The number of aryl methyl sites for hydroxylation is 1. The molecule has 0 bridgehead atoms. The average molecular weight is 298 g/mol. The van der Waals surface area contributed by atoms with Gasteiger partial charge in [-0.1, -0.05) is 0 Å². The van der Waals surface area contributed by atoms with Crippen molar-refractivity contribution in [1.82, 2.24) is 10.2 Å². The minimum Gasteiger partial charge on any atom is -0.307 e. The van der Waals surface area contributed by atoms with E-state index >= 15 is 0 Å². The Morgan fingerprint density at radius 3 is 2.94 bits per heavy atom. The first kappa shape index (κ1) is 11.8. The van der Waals surface area contributed by atoms with Gasteiger partial charge in [-0.05, 0) is 41.1 Å². The molecule has 0 spiro atoms. The number of anilines is 1. The van der Waals surface area contributed by atoms with E-state index in [2.05, 4.69) is 31.4 Å². The molecule has 2 rings (SSSR count). The second kappa shape index (κ2) is 4.67. The molecule has 88 valence electrons. The van der Waals surface area contributed by atoms with Crippen molar-refractivity contribution in [2.75, 3.05) is 5.32 Å². The monoisotopic (exact) mass is 297 g/mol. The molecule has 0 radical (unpaired) electrons. The predicted molar refractivity (Wildman–Crippen MR) is 65.4 cm³/mol. The molecule has 0 unspecified atom stereocenters. The number of halogens is 2. The van der Waals surface area contributed by atoms with Gasteiger partial charge in [0.2, 0.25) is 0 Å². The van der Waals surface area contributed by atoms with Crippen LogP contribution in [-0.4, -0.2) is 16.1 Å². The number of H-pyrrole nitrogens is 1. The van der Waals surface area contributed by atoms with Gasteiger partial charge in [-0.2, -0.15) is 5.10 Å². The van der Waals surface area contributed by atoms with Gasteiger partial charge < -0.3 is 5.32 Å². The van der Waals surface area contributed by atoms with Crippen LogP contribution < -0.4 is 5.32 Å². The summed E-state index contributed by atoms with van der Waals surface area (Å²) in [5.41, 5.74) is 1.05. The Hall–Kier alpha value is -1.69. The third kappa shape index (κ3) is 2.52. The number of hydrogen-bond acceptors (Lipinski definition) is 2. The van der Waals surface area contributed by atoms with Crippen LogP contribution in [0.3, 0.4) is 0 Å². The van der Waals surface area contributed by atoms with Crippen LogP contribution in [0.4, 0.5) is 10.2 Å². The highest BCUT2D eigenvalue weighted by Gasteiger charge is 2.13. The molecule has 6 heteroatoms. The second-order valence-corrected chi connectivity index (χ2v) is 4.36. The molecule has 0 aliphatic heterocycles. The maximum Gasteiger partial charge on any atom is 0.258 e. The maximum absolute atomic E-state index is 13.0. The van der Waals surface area contributed by atoms with Gasteiger partial charge in [0.15, 0.2) is 0 Å². The van der Waals surface area contributed by atoms with Crippen LogP contribution in [0.5, 0.6) is 0 Å². The van der Waals surface area contributed by atoms with Crippen LogP contribution in [0.1, 0.15) is 15.9 Å². The molecule has 4 nitrogen and oxygen atoms in total. The van der Waals surface area contributed by atoms with Gasteiger partial charge in [0.1, 0.15) is 11.6 Å². The van der Waals surface area contributed by atoms with Crippen molar-refractivity contribution in [2.45, 2.75) is 6.92 Å². The molecule has 1 aromatic carbocycles. The van der Waals surface area contributed by atoms with Crippen LogP contribution in [0.2, 0.25) is 0 Å². The quantitative estimate of drug-likeness (QED) is 0.895. The average Bonchev–Trinajstić information content (AvgIpc) is 2.68. The van der Waals surface area contributed by atoms with Gasteiger partial charge in [-0.25, -0.2) is 4.39 Å². The Balaban J connectivity index is 2.26. The largest absolute Gasteiger partial charge is 0.307 e. The molecule has 0 atom stereocenters. The van der Waals surface area contributed by atoms with Crippen LogP contribution >= 0.6 is 15.9 Å². The molecule has 1 aromatic heterocycles. The fraction of sp³-hybridized carbons (Fsp3) is 0.0909. The lowest BCUT2D eigenvalue weighted by molar-refractivity contribution is 0.102. The summed E-state index contributed by atoms with van der Waals surface area (Å²) >= 11 is 3.20. The summed E-state index contributed by atoms with van der Waals surface area (Å²) in [5, 5.41) is 9.05. The minimum atomic E-state index is -0.459. The zero-order valence-electron chi connectivity index (χ0n) is 8.92. The third-order valence-electron chi connectivity index (χ3n) is 2.24. The Morgan fingerprint density at radius 2 is 2.29 bits per heavy atom. The standard InChI is InChI=1S/C11H9BrFN3O/c1-6-5-14-16-10(6)15-11(17)8-4-7(13)2-3-9(8)12/h2-5H,1H3,(H2,14,15,16,17). The van der Waals surface area contributed by atoms with E-state index in [0.717, 1.165) is 5.56 Å². The fourth-order valence-electron chi connectivity index (χ4n) is 1.33. The van der Waals surface area contributed by atoms with Gasteiger partial charge in [-0.3, -0.25) is 9.89 Å². The van der Waals surface area contributed by atoms with Crippen molar-refractivity contribution < 1.29 is 9.18 Å². The third-order valence-corrected chi connectivity index (χ3v) is 2.93. The van der Waals surface area contributed by atoms with E-state index in [1.165, 1.54) is 18.2 Å². The van der Waals surface area contributed by atoms with Crippen molar-refractivity contribution in [3.8, 4) is 0 Å². The van der Waals surface area contributed by atoms with Crippen LogP contribution in [0.25, 0.3) is 0 Å². The Bertz CT molecular complexity index is 568. The number of aromatic nitrogens is 2. The van der Waals surface area contributed by atoms with Crippen molar-refractivity contribution in [3.63, 3.8) is 0 Å². The molecule has 0 saturated carbocycles. The summed E-state index contributed by atoms with van der Waals surface area (Å²) in [5.74, 6) is -0.352. The van der Waals surface area contributed by atoms with Crippen LogP contribution in [0, 0.1) is 12.7 Å². The Labute approximate surface area is 105 Å². The van der Waals surface area contributed by atoms with Gasteiger partial charge in [0.25, 0.3) is 5.91 Å². The molecular formula is C11H9BrFN3O. The summed E-state index contributed by atoms with van der Waals surface area (Å²) in [6.45, 7) is 1.81. The van der Waals surface area contributed by atoms with Crippen molar-refractivity contribution >= 4 is 27.7 Å². The van der Waals surface area contributed by atoms with Gasteiger partial charge in [0.05, 0.1) is 11.8 Å². The number of nitrogens with one attached hydrogen (secondary N) is 2. The SMILES string of the molecule is Cc1cn[nH]c1NC(=O)c1cc(F)ccc1Br. The molecule has 2 aromatic rings. The summed E-state index contributed by atoms with van der Waals surface area (Å²) < 4.78 is 13.6. The Morgan fingerprint density at radius 1 is 1.53 bits per heavy atom. The second-order valence-electron chi connectivity index (χ2n) is 3.51. The number of nitrogens with zero attached hydrogens (tertiary/aromatic N) is 1. The van der Waals surface area contributed by atoms with E-state index in [-0.39, 0.29) is 5.56 Å². The van der Waals surface area contributed by atoms with E-state index in [1.54, 1.807) is 13.1 Å². The van der Waals surface area contributed by atoms with Crippen molar-refractivity contribution in [1.29, 1.82) is 0 Å². The number of carbonyl (C=O) groups excluding carboxylic acids is 1. The first-order valence-electron chi connectivity index (χ1n) is 4.84. The number of carbonyl (C=O) groups is 1. The molecule has 17 heavy (non-hydrogen) atoms. The van der Waals surface area contributed by atoms with Crippen molar-refractivity contribution in [3.05, 3.63) is 45.8 Å². The van der Waals surface area contributed by atoms with E-state index in [1.807, 2.05) is 0 Å². The van der Waals surface area contributed by atoms with Crippen LogP contribution in [0.15, 0.2) is 28.9 Å².